The largest absolute Gasteiger partial charge is 1.00 e. The van der Waals surface area contributed by atoms with Gasteiger partial charge in [0, 0.05) is 17.7 Å². The maximum atomic E-state index is 12.0. The molecular weight excluding hydrogens is 311 g/mol. The molecule has 0 aliphatic carbocycles. The minimum Gasteiger partial charge on any atom is -1.00 e. The number of carbonyl (C=O) groups excluding carboxylic acids is 1. The minimum absolute atomic E-state index is 0. The van der Waals surface area contributed by atoms with Gasteiger partial charge in [0.2, 0.25) is 0 Å². The molecule has 1 aromatic carbocycles. The van der Waals surface area contributed by atoms with E-state index < -0.39 is 0 Å². The fraction of sp³-hybridized carbons (Fsp3) is 0.0667. The van der Waals surface area contributed by atoms with Crippen LogP contribution >= 0.6 is 11.6 Å². The number of anilines is 1. The van der Waals surface area contributed by atoms with Crippen LogP contribution in [0.25, 0.3) is 6.20 Å². The van der Waals surface area contributed by atoms with Gasteiger partial charge in [-0.2, -0.15) is 0 Å². The van der Waals surface area contributed by atoms with Gasteiger partial charge in [0.25, 0.3) is 5.82 Å². The first-order chi connectivity index (χ1) is 9.60. The summed E-state index contributed by atoms with van der Waals surface area (Å²) >= 11 is 5.87. The zero-order valence-electron chi connectivity index (χ0n) is 11.3. The summed E-state index contributed by atoms with van der Waals surface area (Å²) in [6.07, 6.45) is 4.65. The van der Waals surface area contributed by atoms with Crippen LogP contribution in [0, 0.1) is 0 Å². The smallest absolute Gasteiger partial charge is 0.277 e. The Labute approximate surface area is 134 Å². The highest BCUT2D eigenvalue weighted by Gasteiger charge is 2.05. The van der Waals surface area contributed by atoms with E-state index >= 15 is 0 Å². The molecule has 1 heterocycles. The van der Waals surface area contributed by atoms with E-state index in [1.165, 1.54) is 6.08 Å². The first kappa shape index (κ1) is 17.0. The highest BCUT2D eigenvalue weighted by atomic mass is 35.5. The van der Waals surface area contributed by atoms with Crippen LogP contribution in [0.1, 0.15) is 10.4 Å². The number of methoxy groups -OCH3 is 1. The molecule has 4 nitrogen and oxygen atoms in total. The van der Waals surface area contributed by atoms with Crippen LogP contribution in [0.4, 0.5) is 5.82 Å². The van der Waals surface area contributed by atoms with E-state index in [4.69, 9.17) is 22.1 Å². The average Bonchev–Trinajstić information content (AvgIpc) is 2.48. The molecule has 0 amide bonds. The molecule has 2 aromatic rings. The van der Waals surface area contributed by atoms with Gasteiger partial charge in [0.05, 0.1) is 18.3 Å². The van der Waals surface area contributed by atoms with Crippen molar-refractivity contribution in [3.63, 3.8) is 0 Å². The lowest BCUT2D eigenvalue weighted by atomic mass is 10.1. The Morgan fingerprint density at radius 1 is 1.24 bits per heavy atom. The third kappa shape index (κ3) is 4.48. The predicted octanol–water partition coefficient (Wildman–Crippen LogP) is -0.424. The van der Waals surface area contributed by atoms with E-state index in [2.05, 4.69) is 0 Å². The number of rotatable bonds is 4. The molecular formula is C15H14Cl2N2O2. The first-order valence-electron chi connectivity index (χ1n) is 5.93. The van der Waals surface area contributed by atoms with E-state index in [1.54, 1.807) is 60.5 Å². The van der Waals surface area contributed by atoms with Crippen LogP contribution in [0.2, 0.25) is 5.02 Å². The second kappa shape index (κ2) is 7.67. The molecule has 0 spiro atoms. The van der Waals surface area contributed by atoms with Gasteiger partial charge < -0.3 is 17.1 Å². The fourth-order valence-electron chi connectivity index (χ4n) is 1.63. The molecule has 0 radical (unpaired) electrons. The standard InChI is InChI=1S/C15H13ClN2O2.ClH/c1-20-13-5-2-11(3-6-13)14(19)8-9-18-10-12(16)4-7-15(18)17;/h2-10,17H,1H3;1H. The zero-order valence-corrected chi connectivity index (χ0v) is 12.8. The maximum absolute atomic E-state index is 12.0. The van der Waals surface area contributed by atoms with E-state index in [0.29, 0.717) is 22.2 Å². The zero-order chi connectivity index (χ0) is 14.5. The molecule has 2 rings (SSSR count). The second-order valence-corrected chi connectivity index (χ2v) is 4.52. The number of benzene rings is 1. The number of nitrogens with two attached hydrogens (primary N) is 1. The van der Waals surface area contributed by atoms with E-state index in [9.17, 15) is 4.79 Å². The lowest BCUT2D eigenvalue weighted by Crippen LogP contribution is -3.00. The monoisotopic (exact) mass is 324 g/mol. The molecule has 0 aliphatic heterocycles. The number of carbonyl (C=O) groups is 1. The van der Waals surface area contributed by atoms with Crippen molar-refractivity contribution in [2.24, 2.45) is 0 Å². The number of pyridine rings is 1. The van der Waals surface area contributed by atoms with Gasteiger partial charge in [-0.3, -0.25) is 10.5 Å². The molecule has 0 fully saturated rings. The fourth-order valence-corrected chi connectivity index (χ4v) is 1.80. The SMILES string of the molecule is COc1ccc(C(=O)C=C[n+]2cc(Cl)ccc2N)cc1.[Cl-]. The number of ether oxygens (including phenoxy) is 1. The summed E-state index contributed by atoms with van der Waals surface area (Å²) in [5.74, 6) is 1.08. The number of allylic oxidation sites excluding steroid dienone is 1. The highest BCUT2D eigenvalue weighted by Crippen LogP contribution is 2.12. The van der Waals surface area contributed by atoms with Crippen molar-refractivity contribution in [1.29, 1.82) is 0 Å². The van der Waals surface area contributed by atoms with Gasteiger partial charge in [-0.1, -0.05) is 11.6 Å². The van der Waals surface area contributed by atoms with Crippen LogP contribution in [-0.4, -0.2) is 12.9 Å². The Hall–Kier alpha value is -2.04. The summed E-state index contributed by atoms with van der Waals surface area (Å²) in [5.41, 5.74) is 6.35. The molecule has 1 aromatic heterocycles. The van der Waals surface area contributed by atoms with Crippen molar-refractivity contribution in [2.75, 3.05) is 12.8 Å². The topological polar surface area (TPSA) is 56.2 Å². The van der Waals surface area contributed by atoms with Gasteiger partial charge >= 0.3 is 0 Å². The third-order valence-corrected chi connectivity index (χ3v) is 2.96. The number of nitrogen functional groups attached to an aromatic ring is 1. The van der Waals surface area contributed by atoms with E-state index in [-0.39, 0.29) is 18.2 Å². The lowest BCUT2D eigenvalue weighted by molar-refractivity contribution is -0.552. The van der Waals surface area contributed by atoms with Crippen molar-refractivity contribution in [3.05, 3.63) is 59.3 Å². The van der Waals surface area contributed by atoms with Crippen molar-refractivity contribution in [3.8, 4) is 5.75 Å². The molecule has 0 aliphatic rings. The molecule has 0 atom stereocenters. The van der Waals surface area contributed by atoms with Crippen LogP contribution in [0.3, 0.4) is 0 Å². The average molecular weight is 325 g/mol. The van der Waals surface area contributed by atoms with Crippen LogP contribution in [0.5, 0.6) is 5.75 Å². The maximum Gasteiger partial charge on any atom is 0.277 e. The normalized spacial score (nSPS) is 10.2. The summed E-state index contributed by atoms with van der Waals surface area (Å²) in [6.45, 7) is 0. The van der Waals surface area contributed by atoms with Crippen molar-refractivity contribution in [2.45, 2.75) is 0 Å². The Morgan fingerprint density at radius 2 is 1.90 bits per heavy atom. The molecule has 0 bridgehead atoms. The van der Waals surface area contributed by atoms with Crippen molar-refractivity contribution in [1.82, 2.24) is 0 Å². The number of aromatic nitrogens is 1. The predicted molar refractivity (Wildman–Crippen MR) is 78.7 cm³/mol. The minimum atomic E-state index is -0.125. The van der Waals surface area contributed by atoms with Gasteiger partial charge in [0.1, 0.15) is 11.9 Å². The molecule has 6 heteroatoms. The number of halogens is 2. The Kier molecular flexibility index (Phi) is 6.21. The van der Waals surface area contributed by atoms with Gasteiger partial charge in [-0.25, -0.2) is 4.57 Å². The summed E-state index contributed by atoms with van der Waals surface area (Å²) in [6, 6.07) is 10.2. The summed E-state index contributed by atoms with van der Waals surface area (Å²) < 4.78 is 6.63. The number of hydrogen-bond donors (Lipinski definition) is 1. The summed E-state index contributed by atoms with van der Waals surface area (Å²) in [7, 11) is 1.58. The molecule has 0 unspecified atom stereocenters. The van der Waals surface area contributed by atoms with Gasteiger partial charge in [0.15, 0.2) is 5.78 Å². The Balaban J connectivity index is 0.00000220. The number of nitrogens with zero attached hydrogens (tertiary/aromatic N) is 1. The Morgan fingerprint density at radius 3 is 2.52 bits per heavy atom. The van der Waals surface area contributed by atoms with Crippen molar-refractivity contribution >= 4 is 29.4 Å². The molecule has 2 N–H and O–H groups in total. The lowest BCUT2D eigenvalue weighted by Gasteiger charge is -2.00. The summed E-state index contributed by atoms with van der Waals surface area (Å²) in [5, 5.41) is 0.542. The quantitative estimate of drug-likeness (QED) is 0.472. The molecule has 0 saturated carbocycles. The second-order valence-electron chi connectivity index (χ2n) is 4.09. The molecule has 0 saturated heterocycles. The molecule has 21 heavy (non-hydrogen) atoms. The summed E-state index contributed by atoms with van der Waals surface area (Å²) in [4.78, 5) is 12.0. The van der Waals surface area contributed by atoms with Gasteiger partial charge in [-0.15, -0.1) is 0 Å². The molecule has 110 valence electrons. The highest BCUT2D eigenvalue weighted by molar-refractivity contribution is 6.30. The van der Waals surface area contributed by atoms with E-state index in [0.717, 1.165) is 0 Å². The van der Waals surface area contributed by atoms with Crippen LogP contribution in [-0.2, 0) is 0 Å². The Bertz CT molecular complexity index is 655. The first-order valence-corrected chi connectivity index (χ1v) is 6.30. The number of ketones is 1. The van der Waals surface area contributed by atoms with Crippen LogP contribution < -0.4 is 27.4 Å². The van der Waals surface area contributed by atoms with Crippen LogP contribution in [0.15, 0.2) is 48.7 Å². The van der Waals surface area contributed by atoms with E-state index in [1.807, 2.05) is 0 Å². The number of hydrogen-bond acceptors (Lipinski definition) is 3. The van der Waals surface area contributed by atoms with Crippen molar-refractivity contribution < 1.29 is 26.5 Å². The van der Waals surface area contributed by atoms with Gasteiger partial charge in [-0.05, 0) is 30.3 Å². The third-order valence-electron chi connectivity index (χ3n) is 2.73.